The minimum Gasteiger partial charge on any atom is -0.486 e. The van der Waals surface area contributed by atoms with Crippen molar-refractivity contribution in [2.75, 3.05) is 18.5 Å². The third-order valence-electron chi connectivity index (χ3n) is 3.00. The van der Waals surface area contributed by atoms with Crippen LogP contribution in [0.3, 0.4) is 0 Å². The lowest BCUT2D eigenvalue weighted by Gasteiger charge is -2.19. The van der Waals surface area contributed by atoms with E-state index in [1.807, 2.05) is 0 Å². The van der Waals surface area contributed by atoms with E-state index in [1.165, 1.54) is 0 Å². The summed E-state index contributed by atoms with van der Waals surface area (Å²) >= 11 is 9.42. The Morgan fingerprint density at radius 1 is 1.14 bits per heavy atom. The van der Waals surface area contributed by atoms with Gasteiger partial charge in [-0.1, -0.05) is 17.7 Å². The Bertz CT molecular complexity index is 705. The molecule has 0 aromatic heterocycles. The predicted molar refractivity (Wildman–Crippen MR) is 84.5 cm³/mol. The van der Waals surface area contributed by atoms with Crippen molar-refractivity contribution in [1.82, 2.24) is 0 Å². The Kier molecular flexibility index (Phi) is 4.03. The van der Waals surface area contributed by atoms with Gasteiger partial charge in [-0.05, 0) is 40.2 Å². The Hall–Kier alpha value is -1.72. The lowest BCUT2D eigenvalue weighted by atomic mass is 10.2. The number of anilines is 1. The van der Waals surface area contributed by atoms with Crippen LogP contribution in [0.2, 0.25) is 5.02 Å². The number of ether oxygens (including phenoxy) is 2. The summed E-state index contributed by atoms with van der Waals surface area (Å²) in [6.07, 6.45) is 0. The summed E-state index contributed by atoms with van der Waals surface area (Å²) in [5, 5.41) is 3.18. The van der Waals surface area contributed by atoms with Gasteiger partial charge in [0, 0.05) is 16.2 Å². The van der Waals surface area contributed by atoms with Crippen LogP contribution in [0.25, 0.3) is 0 Å². The number of fused-ring (bicyclic) bond motifs is 1. The van der Waals surface area contributed by atoms with Gasteiger partial charge in [-0.3, -0.25) is 4.79 Å². The standard InChI is InChI=1S/C15H11BrClNO3/c16-11-3-1-2-10(14(11)17)15(19)18-9-4-5-12-13(8-9)21-7-6-20-12/h1-5,8H,6-7H2,(H,18,19). The maximum Gasteiger partial charge on any atom is 0.257 e. The van der Waals surface area contributed by atoms with Crippen molar-refractivity contribution >= 4 is 39.1 Å². The quantitative estimate of drug-likeness (QED) is 0.867. The van der Waals surface area contributed by atoms with E-state index in [0.29, 0.717) is 45.5 Å². The topological polar surface area (TPSA) is 47.6 Å². The van der Waals surface area contributed by atoms with Gasteiger partial charge in [-0.15, -0.1) is 0 Å². The molecule has 0 bridgehead atoms. The van der Waals surface area contributed by atoms with Gasteiger partial charge >= 0.3 is 0 Å². The minimum absolute atomic E-state index is 0.280. The van der Waals surface area contributed by atoms with Crippen LogP contribution in [-0.2, 0) is 0 Å². The molecule has 6 heteroatoms. The third kappa shape index (κ3) is 2.99. The molecule has 0 aliphatic carbocycles. The highest BCUT2D eigenvalue weighted by Gasteiger charge is 2.15. The van der Waals surface area contributed by atoms with Gasteiger partial charge in [-0.2, -0.15) is 0 Å². The number of hydrogen-bond donors (Lipinski definition) is 1. The first-order chi connectivity index (χ1) is 10.1. The second-order valence-electron chi connectivity index (χ2n) is 4.41. The molecule has 3 rings (SSSR count). The lowest BCUT2D eigenvalue weighted by Crippen LogP contribution is -2.16. The maximum absolute atomic E-state index is 12.3. The van der Waals surface area contributed by atoms with Gasteiger partial charge < -0.3 is 14.8 Å². The highest BCUT2D eigenvalue weighted by molar-refractivity contribution is 9.10. The number of amides is 1. The normalized spacial score (nSPS) is 12.9. The minimum atomic E-state index is -0.280. The van der Waals surface area contributed by atoms with Crippen molar-refractivity contribution in [2.24, 2.45) is 0 Å². The molecular weight excluding hydrogens is 358 g/mol. The molecule has 0 unspecified atom stereocenters. The van der Waals surface area contributed by atoms with E-state index >= 15 is 0 Å². The number of carbonyl (C=O) groups is 1. The fourth-order valence-corrected chi connectivity index (χ4v) is 2.58. The summed E-state index contributed by atoms with van der Waals surface area (Å²) in [6.45, 7) is 1.04. The highest BCUT2D eigenvalue weighted by Crippen LogP contribution is 2.33. The number of nitrogens with one attached hydrogen (secondary N) is 1. The second-order valence-corrected chi connectivity index (χ2v) is 5.65. The zero-order valence-electron chi connectivity index (χ0n) is 10.9. The monoisotopic (exact) mass is 367 g/mol. The Morgan fingerprint density at radius 3 is 2.71 bits per heavy atom. The number of benzene rings is 2. The fourth-order valence-electron chi connectivity index (χ4n) is 2.00. The molecule has 0 atom stereocenters. The summed E-state index contributed by atoms with van der Waals surface area (Å²) in [6, 6.07) is 10.5. The molecule has 4 nitrogen and oxygen atoms in total. The molecule has 1 amide bonds. The van der Waals surface area contributed by atoms with Gasteiger partial charge in [0.1, 0.15) is 13.2 Å². The first-order valence-corrected chi connectivity index (χ1v) is 7.47. The molecule has 1 aliphatic heterocycles. The van der Waals surface area contributed by atoms with E-state index in [-0.39, 0.29) is 5.91 Å². The SMILES string of the molecule is O=C(Nc1ccc2c(c1)OCCO2)c1cccc(Br)c1Cl. The number of halogens is 2. The molecule has 1 aliphatic rings. The van der Waals surface area contributed by atoms with Crippen molar-refractivity contribution in [3.8, 4) is 11.5 Å². The summed E-state index contributed by atoms with van der Waals surface area (Å²) in [7, 11) is 0. The number of hydrogen-bond acceptors (Lipinski definition) is 3. The van der Waals surface area contributed by atoms with E-state index in [2.05, 4.69) is 21.2 Å². The summed E-state index contributed by atoms with van der Waals surface area (Å²) < 4.78 is 11.6. The number of rotatable bonds is 2. The lowest BCUT2D eigenvalue weighted by molar-refractivity contribution is 0.102. The van der Waals surface area contributed by atoms with Crippen LogP contribution in [0.4, 0.5) is 5.69 Å². The van der Waals surface area contributed by atoms with E-state index in [1.54, 1.807) is 36.4 Å². The molecule has 21 heavy (non-hydrogen) atoms. The third-order valence-corrected chi connectivity index (χ3v) is 4.29. The van der Waals surface area contributed by atoms with Crippen LogP contribution in [0.1, 0.15) is 10.4 Å². The smallest absolute Gasteiger partial charge is 0.257 e. The van der Waals surface area contributed by atoms with E-state index in [9.17, 15) is 4.79 Å². The average Bonchev–Trinajstić information content (AvgIpc) is 2.50. The summed E-state index contributed by atoms with van der Waals surface area (Å²) in [5.41, 5.74) is 1.03. The van der Waals surface area contributed by atoms with Gasteiger partial charge in [0.15, 0.2) is 11.5 Å². The first-order valence-electron chi connectivity index (χ1n) is 6.30. The predicted octanol–water partition coefficient (Wildman–Crippen LogP) is 4.13. The maximum atomic E-state index is 12.3. The van der Waals surface area contributed by atoms with Crippen molar-refractivity contribution in [1.29, 1.82) is 0 Å². The van der Waals surface area contributed by atoms with Crippen molar-refractivity contribution in [2.45, 2.75) is 0 Å². The van der Waals surface area contributed by atoms with Crippen LogP contribution < -0.4 is 14.8 Å². The van der Waals surface area contributed by atoms with E-state index in [0.717, 1.165) is 0 Å². The molecule has 108 valence electrons. The molecule has 0 fully saturated rings. The first kappa shape index (κ1) is 14.2. The van der Waals surface area contributed by atoms with E-state index < -0.39 is 0 Å². The Labute approximate surface area is 135 Å². The van der Waals surface area contributed by atoms with Crippen molar-refractivity contribution < 1.29 is 14.3 Å². The van der Waals surface area contributed by atoms with Gasteiger partial charge in [0.2, 0.25) is 0 Å². The van der Waals surface area contributed by atoms with E-state index in [4.69, 9.17) is 21.1 Å². The van der Waals surface area contributed by atoms with Crippen molar-refractivity contribution in [3.05, 3.63) is 51.5 Å². The molecule has 0 radical (unpaired) electrons. The summed E-state index contributed by atoms with van der Waals surface area (Å²) in [5.74, 6) is 1.03. The average molecular weight is 369 g/mol. The largest absolute Gasteiger partial charge is 0.486 e. The molecule has 2 aromatic carbocycles. The van der Waals surface area contributed by atoms with Gasteiger partial charge in [0.25, 0.3) is 5.91 Å². The Balaban J connectivity index is 1.83. The number of carbonyl (C=O) groups excluding carboxylic acids is 1. The van der Waals surface area contributed by atoms with Gasteiger partial charge in [-0.25, -0.2) is 0 Å². The highest BCUT2D eigenvalue weighted by atomic mass is 79.9. The van der Waals surface area contributed by atoms with Crippen molar-refractivity contribution in [3.63, 3.8) is 0 Å². The fraction of sp³-hybridized carbons (Fsp3) is 0.133. The van der Waals surface area contributed by atoms with Crippen LogP contribution in [-0.4, -0.2) is 19.1 Å². The zero-order valence-corrected chi connectivity index (χ0v) is 13.2. The zero-order chi connectivity index (χ0) is 14.8. The van der Waals surface area contributed by atoms with Crippen LogP contribution in [0.5, 0.6) is 11.5 Å². The van der Waals surface area contributed by atoms with Crippen LogP contribution in [0.15, 0.2) is 40.9 Å². The van der Waals surface area contributed by atoms with Crippen LogP contribution in [0, 0.1) is 0 Å². The second kappa shape index (κ2) is 5.95. The molecular formula is C15H11BrClNO3. The Morgan fingerprint density at radius 2 is 1.90 bits per heavy atom. The molecule has 0 spiro atoms. The molecule has 0 saturated heterocycles. The van der Waals surface area contributed by atoms with Gasteiger partial charge in [0.05, 0.1) is 10.6 Å². The summed E-state index contributed by atoms with van der Waals surface area (Å²) in [4.78, 5) is 12.3. The van der Waals surface area contributed by atoms with Crippen LogP contribution >= 0.6 is 27.5 Å². The molecule has 1 N–H and O–H groups in total. The molecule has 0 saturated carbocycles. The molecule has 1 heterocycles. The molecule has 2 aromatic rings.